The van der Waals surface area contributed by atoms with Gasteiger partial charge < -0.3 is 20.9 Å². The quantitative estimate of drug-likeness (QED) is 0.560. The van der Waals surface area contributed by atoms with Crippen molar-refractivity contribution in [2.24, 2.45) is 0 Å². The van der Waals surface area contributed by atoms with E-state index in [1.54, 1.807) is 19.4 Å². The van der Waals surface area contributed by atoms with Crippen LogP contribution in [0, 0.1) is 0 Å². The maximum Gasteiger partial charge on any atom is 0.123 e. The molecule has 1 unspecified atom stereocenters. The third-order valence-electron chi connectivity index (χ3n) is 2.18. The molecule has 90 valence electrons. The Hall–Kier alpha value is -1.17. The highest BCUT2D eigenvalue weighted by Gasteiger charge is 2.05. The smallest absolute Gasteiger partial charge is 0.123 e. The molecule has 0 bridgehead atoms. The largest absolute Gasteiger partial charge is 0.391 e. The van der Waals surface area contributed by atoms with E-state index in [0.717, 1.165) is 12.1 Å². The molecule has 0 aromatic carbocycles. The van der Waals surface area contributed by atoms with Crippen LogP contribution in [0.15, 0.2) is 18.3 Å². The third-order valence-corrected chi connectivity index (χ3v) is 2.18. The van der Waals surface area contributed by atoms with Gasteiger partial charge >= 0.3 is 0 Å². The fourth-order valence-electron chi connectivity index (χ4n) is 1.41. The molecule has 1 atom stereocenters. The first-order chi connectivity index (χ1) is 7.72. The molecule has 1 aromatic heterocycles. The Morgan fingerprint density at radius 3 is 3.12 bits per heavy atom. The number of aromatic nitrogens is 1. The fraction of sp³-hybridized carbons (Fsp3) is 0.545. The summed E-state index contributed by atoms with van der Waals surface area (Å²) in [4.78, 5) is 3.90. The number of nitrogen functional groups attached to an aromatic ring is 1. The number of methoxy groups -OCH3 is 1. The van der Waals surface area contributed by atoms with E-state index in [1.165, 1.54) is 0 Å². The lowest BCUT2D eigenvalue weighted by atomic mass is 10.1. The topological polar surface area (TPSA) is 80.4 Å². The van der Waals surface area contributed by atoms with Crippen molar-refractivity contribution in [1.29, 1.82) is 0 Å². The fourth-order valence-corrected chi connectivity index (χ4v) is 1.41. The lowest BCUT2D eigenvalue weighted by molar-refractivity contribution is 0.160. The van der Waals surface area contributed by atoms with E-state index >= 15 is 0 Å². The monoisotopic (exact) mass is 225 g/mol. The van der Waals surface area contributed by atoms with Gasteiger partial charge in [0.1, 0.15) is 5.82 Å². The summed E-state index contributed by atoms with van der Waals surface area (Å²) >= 11 is 0. The summed E-state index contributed by atoms with van der Waals surface area (Å²) in [5, 5.41) is 12.8. The highest BCUT2D eigenvalue weighted by molar-refractivity contribution is 5.32. The summed E-state index contributed by atoms with van der Waals surface area (Å²) in [6.45, 7) is 1.94. The van der Waals surface area contributed by atoms with Crippen LogP contribution in [0.1, 0.15) is 5.56 Å². The number of ether oxygens (including phenoxy) is 1. The number of aliphatic hydroxyl groups excluding tert-OH is 1. The molecular weight excluding hydrogens is 206 g/mol. The van der Waals surface area contributed by atoms with Gasteiger partial charge in [-0.25, -0.2) is 4.98 Å². The van der Waals surface area contributed by atoms with Gasteiger partial charge in [0.05, 0.1) is 12.7 Å². The summed E-state index contributed by atoms with van der Waals surface area (Å²) in [5.74, 6) is 0.483. The first-order valence-electron chi connectivity index (χ1n) is 5.30. The number of nitrogens with zero attached hydrogens (tertiary/aromatic N) is 1. The molecule has 0 saturated carbocycles. The van der Waals surface area contributed by atoms with Crippen LogP contribution in [-0.2, 0) is 11.2 Å². The summed E-state index contributed by atoms with van der Waals surface area (Å²) in [5.41, 5.74) is 6.54. The molecule has 0 amide bonds. The standard InChI is InChI=1S/C11H19N3O2/c1-16-5-4-13-8-10(15)6-9-2-3-14-11(12)7-9/h2-3,7,10,13,15H,4-6,8H2,1H3,(H2,12,14). The second-order valence-corrected chi connectivity index (χ2v) is 3.64. The maximum absolute atomic E-state index is 9.73. The molecule has 16 heavy (non-hydrogen) atoms. The van der Waals surface area contributed by atoms with Gasteiger partial charge in [0, 0.05) is 26.4 Å². The number of nitrogens with two attached hydrogens (primary N) is 1. The number of anilines is 1. The summed E-state index contributed by atoms with van der Waals surface area (Å²) in [6.07, 6.45) is 1.81. The first kappa shape index (κ1) is 12.9. The van der Waals surface area contributed by atoms with Crippen LogP contribution in [-0.4, -0.2) is 43.0 Å². The molecule has 5 nitrogen and oxygen atoms in total. The van der Waals surface area contributed by atoms with E-state index in [4.69, 9.17) is 10.5 Å². The second-order valence-electron chi connectivity index (χ2n) is 3.64. The first-order valence-corrected chi connectivity index (χ1v) is 5.30. The molecule has 0 spiro atoms. The van der Waals surface area contributed by atoms with Gasteiger partial charge in [-0.3, -0.25) is 0 Å². The maximum atomic E-state index is 9.73. The summed E-state index contributed by atoms with van der Waals surface area (Å²) < 4.78 is 4.89. The minimum absolute atomic E-state index is 0.418. The average Bonchev–Trinajstić information content (AvgIpc) is 2.24. The van der Waals surface area contributed by atoms with Gasteiger partial charge in [-0.1, -0.05) is 0 Å². The lowest BCUT2D eigenvalue weighted by Gasteiger charge is -2.11. The zero-order valence-electron chi connectivity index (χ0n) is 9.52. The highest BCUT2D eigenvalue weighted by atomic mass is 16.5. The normalized spacial score (nSPS) is 12.6. The van der Waals surface area contributed by atoms with Gasteiger partial charge in [-0.2, -0.15) is 0 Å². The molecule has 0 aliphatic heterocycles. The van der Waals surface area contributed by atoms with E-state index in [1.807, 2.05) is 6.07 Å². The van der Waals surface area contributed by atoms with Crippen molar-refractivity contribution in [2.75, 3.05) is 32.5 Å². The SMILES string of the molecule is COCCNCC(O)Cc1ccnc(N)c1. The minimum Gasteiger partial charge on any atom is -0.391 e. The minimum atomic E-state index is -0.418. The number of pyridine rings is 1. The Morgan fingerprint density at radius 2 is 2.44 bits per heavy atom. The van der Waals surface area contributed by atoms with Crippen LogP contribution in [0.2, 0.25) is 0 Å². The average molecular weight is 225 g/mol. The number of rotatable bonds is 7. The van der Waals surface area contributed by atoms with Crippen LogP contribution in [0.3, 0.4) is 0 Å². The third kappa shape index (κ3) is 5.06. The molecule has 0 aliphatic carbocycles. The van der Waals surface area contributed by atoms with Crippen LogP contribution >= 0.6 is 0 Å². The Morgan fingerprint density at radius 1 is 1.62 bits per heavy atom. The van der Waals surface area contributed by atoms with Gasteiger partial charge in [-0.05, 0) is 24.1 Å². The van der Waals surface area contributed by atoms with Gasteiger partial charge in [0.25, 0.3) is 0 Å². The molecule has 5 heteroatoms. The van der Waals surface area contributed by atoms with Crippen LogP contribution < -0.4 is 11.1 Å². The summed E-state index contributed by atoms with van der Waals surface area (Å²) in [6, 6.07) is 3.63. The van der Waals surface area contributed by atoms with Crippen molar-refractivity contribution in [2.45, 2.75) is 12.5 Å². The van der Waals surface area contributed by atoms with E-state index in [2.05, 4.69) is 10.3 Å². The second kappa shape index (κ2) is 7.16. The van der Waals surface area contributed by atoms with Crippen LogP contribution in [0.4, 0.5) is 5.82 Å². The molecule has 1 heterocycles. The van der Waals surface area contributed by atoms with Crippen molar-refractivity contribution >= 4 is 5.82 Å². The summed E-state index contributed by atoms with van der Waals surface area (Å²) in [7, 11) is 1.65. The predicted molar refractivity (Wildman–Crippen MR) is 63.1 cm³/mol. The number of aliphatic hydroxyl groups is 1. The Bertz CT molecular complexity index is 307. The van der Waals surface area contributed by atoms with Gasteiger partial charge in [0.2, 0.25) is 0 Å². The molecule has 0 radical (unpaired) electrons. The van der Waals surface area contributed by atoms with Crippen molar-refractivity contribution in [3.63, 3.8) is 0 Å². The van der Waals surface area contributed by atoms with Crippen molar-refractivity contribution in [3.05, 3.63) is 23.9 Å². The van der Waals surface area contributed by atoms with Crippen LogP contribution in [0.25, 0.3) is 0 Å². The molecule has 0 saturated heterocycles. The van der Waals surface area contributed by atoms with Crippen molar-refractivity contribution in [3.8, 4) is 0 Å². The number of nitrogens with one attached hydrogen (secondary N) is 1. The zero-order valence-corrected chi connectivity index (χ0v) is 9.52. The molecule has 4 N–H and O–H groups in total. The number of hydrogen-bond donors (Lipinski definition) is 3. The van der Waals surface area contributed by atoms with E-state index in [9.17, 15) is 5.11 Å². The lowest BCUT2D eigenvalue weighted by Crippen LogP contribution is -2.30. The van der Waals surface area contributed by atoms with Gasteiger partial charge in [-0.15, -0.1) is 0 Å². The van der Waals surface area contributed by atoms with E-state index in [-0.39, 0.29) is 0 Å². The molecular formula is C11H19N3O2. The van der Waals surface area contributed by atoms with Crippen molar-refractivity contribution < 1.29 is 9.84 Å². The van der Waals surface area contributed by atoms with Gasteiger partial charge in [0.15, 0.2) is 0 Å². The Labute approximate surface area is 95.6 Å². The number of hydrogen-bond acceptors (Lipinski definition) is 5. The molecule has 0 fully saturated rings. The van der Waals surface area contributed by atoms with Crippen molar-refractivity contribution in [1.82, 2.24) is 10.3 Å². The zero-order chi connectivity index (χ0) is 11.8. The van der Waals surface area contributed by atoms with E-state index in [0.29, 0.717) is 25.4 Å². The molecule has 1 aromatic rings. The molecule has 1 rings (SSSR count). The Balaban J connectivity index is 2.25. The highest BCUT2D eigenvalue weighted by Crippen LogP contribution is 2.05. The van der Waals surface area contributed by atoms with E-state index < -0.39 is 6.10 Å². The Kier molecular flexibility index (Phi) is 5.77. The van der Waals surface area contributed by atoms with Crippen LogP contribution in [0.5, 0.6) is 0 Å². The predicted octanol–water partition coefficient (Wildman–Crippen LogP) is -0.197. The molecule has 0 aliphatic rings.